The summed E-state index contributed by atoms with van der Waals surface area (Å²) in [7, 11) is 0. The molecule has 1 amide bonds. The number of hydrogen-bond acceptors (Lipinski definition) is 3. The van der Waals surface area contributed by atoms with Crippen LogP contribution in [-0.2, 0) is 4.79 Å². The SMILES string of the molecule is NC1=CCC(C(=O)N2CCC3(CCN3)CC2)C=C1. The highest BCUT2D eigenvalue weighted by Crippen LogP contribution is 2.31. The Bertz CT molecular complexity index is 399. The number of piperidine rings is 1. The molecule has 2 aliphatic heterocycles. The van der Waals surface area contributed by atoms with Crippen molar-refractivity contribution in [2.75, 3.05) is 19.6 Å². The first kappa shape index (κ1) is 11.8. The molecular weight excluding hydrogens is 226 g/mol. The van der Waals surface area contributed by atoms with Crippen LogP contribution in [0.15, 0.2) is 23.9 Å². The fraction of sp³-hybridized carbons (Fsp3) is 0.643. The van der Waals surface area contributed by atoms with E-state index in [-0.39, 0.29) is 11.8 Å². The number of nitrogens with zero attached hydrogens (tertiary/aromatic N) is 1. The van der Waals surface area contributed by atoms with Crippen molar-refractivity contribution in [2.24, 2.45) is 11.7 Å². The molecule has 2 saturated heterocycles. The zero-order chi connectivity index (χ0) is 12.6. The van der Waals surface area contributed by atoms with Gasteiger partial charge in [-0.2, -0.15) is 0 Å². The lowest BCUT2D eigenvalue weighted by Gasteiger charge is -2.49. The van der Waals surface area contributed by atoms with Crippen molar-refractivity contribution in [2.45, 2.75) is 31.2 Å². The molecule has 4 nitrogen and oxygen atoms in total. The highest BCUT2D eigenvalue weighted by molar-refractivity contribution is 5.81. The number of carbonyl (C=O) groups excluding carboxylic acids is 1. The molecule has 98 valence electrons. The minimum Gasteiger partial charge on any atom is -0.399 e. The van der Waals surface area contributed by atoms with E-state index in [1.807, 2.05) is 23.1 Å². The second-order valence-corrected chi connectivity index (χ2v) is 5.69. The second-order valence-electron chi connectivity index (χ2n) is 5.69. The van der Waals surface area contributed by atoms with Crippen LogP contribution in [0.2, 0.25) is 0 Å². The van der Waals surface area contributed by atoms with Gasteiger partial charge in [-0.15, -0.1) is 0 Å². The van der Waals surface area contributed by atoms with Gasteiger partial charge >= 0.3 is 0 Å². The Kier molecular flexibility index (Phi) is 2.90. The molecule has 0 aromatic carbocycles. The van der Waals surface area contributed by atoms with Crippen molar-refractivity contribution in [1.82, 2.24) is 10.2 Å². The third kappa shape index (κ3) is 2.05. The number of carbonyl (C=O) groups is 1. The molecule has 4 heteroatoms. The number of allylic oxidation sites excluding steroid dienone is 2. The molecule has 0 aromatic heterocycles. The summed E-state index contributed by atoms with van der Waals surface area (Å²) in [5, 5.41) is 3.53. The van der Waals surface area contributed by atoms with Crippen molar-refractivity contribution >= 4 is 5.91 Å². The number of rotatable bonds is 1. The fourth-order valence-corrected chi connectivity index (χ4v) is 3.12. The normalized spacial score (nSPS) is 29.9. The van der Waals surface area contributed by atoms with E-state index in [0.717, 1.165) is 44.6 Å². The maximum absolute atomic E-state index is 12.4. The van der Waals surface area contributed by atoms with Gasteiger partial charge in [-0.05, 0) is 38.3 Å². The topological polar surface area (TPSA) is 58.4 Å². The van der Waals surface area contributed by atoms with Gasteiger partial charge in [0.05, 0.1) is 5.92 Å². The number of nitrogens with one attached hydrogen (secondary N) is 1. The maximum Gasteiger partial charge on any atom is 0.229 e. The Balaban J connectivity index is 1.56. The molecule has 0 aromatic rings. The Morgan fingerprint density at radius 3 is 2.61 bits per heavy atom. The molecule has 0 bridgehead atoms. The molecule has 3 rings (SSSR count). The molecule has 1 unspecified atom stereocenters. The summed E-state index contributed by atoms with van der Waals surface area (Å²) in [6, 6.07) is 0. The summed E-state index contributed by atoms with van der Waals surface area (Å²) >= 11 is 0. The molecule has 1 atom stereocenters. The van der Waals surface area contributed by atoms with Crippen molar-refractivity contribution in [3.05, 3.63) is 23.9 Å². The Morgan fingerprint density at radius 1 is 1.39 bits per heavy atom. The quantitative estimate of drug-likeness (QED) is 0.719. The van der Waals surface area contributed by atoms with E-state index in [1.165, 1.54) is 6.42 Å². The van der Waals surface area contributed by atoms with Crippen molar-refractivity contribution in [3.63, 3.8) is 0 Å². The Hall–Kier alpha value is -1.29. The largest absolute Gasteiger partial charge is 0.399 e. The van der Waals surface area contributed by atoms with E-state index < -0.39 is 0 Å². The van der Waals surface area contributed by atoms with Gasteiger partial charge in [-0.25, -0.2) is 0 Å². The Labute approximate surface area is 108 Å². The third-order valence-electron chi connectivity index (χ3n) is 4.58. The van der Waals surface area contributed by atoms with Crippen LogP contribution in [0.3, 0.4) is 0 Å². The predicted octanol–water partition coefficient (Wildman–Crippen LogP) is 0.760. The Morgan fingerprint density at radius 2 is 2.11 bits per heavy atom. The summed E-state index contributed by atoms with van der Waals surface area (Å²) in [4.78, 5) is 14.4. The highest BCUT2D eigenvalue weighted by Gasteiger charge is 2.40. The predicted molar refractivity (Wildman–Crippen MR) is 70.7 cm³/mol. The van der Waals surface area contributed by atoms with Crippen LogP contribution in [0.5, 0.6) is 0 Å². The lowest BCUT2D eigenvalue weighted by molar-refractivity contribution is -0.136. The van der Waals surface area contributed by atoms with Crippen LogP contribution in [0.1, 0.15) is 25.7 Å². The van der Waals surface area contributed by atoms with Gasteiger partial charge in [0, 0.05) is 24.3 Å². The van der Waals surface area contributed by atoms with Crippen LogP contribution in [0.25, 0.3) is 0 Å². The average Bonchev–Trinajstić information content (AvgIpc) is 2.37. The monoisotopic (exact) mass is 247 g/mol. The lowest BCUT2D eigenvalue weighted by Crippen LogP contribution is -2.62. The van der Waals surface area contributed by atoms with E-state index in [0.29, 0.717) is 5.54 Å². The summed E-state index contributed by atoms with van der Waals surface area (Å²) in [6.45, 7) is 2.94. The molecule has 1 spiro atoms. The van der Waals surface area contributed by atoms with Crippen LogP contribution in [-0.4, -0.2) is 36.0 Å². The zero-order valence-corrected chi connectivity index (χ0v) is 10.7. The summed E-state index contributed by atoms with van der Waals surface area (Å²) in [5.41, 5.74) is 6.82. The van der Waals surface area contributed by atoms with Crippen molar-refractivity contribution in [3.8, 4) is 0 Å². The van der Waals surface area contributed by atoms with Gasteiger partial charge in [0.1, 0.15) is 0 Å². The van der Waals surface area contributed by atoms with Crippen molar-refractivity contribution < 1.29 is 4.79 Å². The number of amides is 1. The molecule has 18 heavy (non-hydrogen) atoms. The zero-order valence-electron chi connectivity index (χ0n) is 10.7. The lowest BCUT2D eigenvalue weighted by atomic mass is 9.78. The second kappa shape index (κ2) is 4.43. The number of nitrogens with two attached hydrogens (primary N) is 1. The van der Waals surface area contributed by atoms with Gasteiger partial charge in [0.2, 0.25) is 5.91 Å². The molecular formula is C14H21N3O. The standard InChI is InChI=1S/C14H21N3O/c15-12-3-1-11(2-4-12)13(18)17-9-6-14(7-10-17)5-8-16-14/h1,3-4,11,16H,2,5-10,15H2. The van der Waals surface area contributed by atoms with Crippen LogP contribution in [0, 0.1) is 5.92 Å². The molecule has 3 aliphatic rings. The smallest absolute Gasteiger partial charge is 0.229 e. The van der Waals surface area contributed by atoms with E-state index in [2.05, 4.69) is 5.32 Å². The minimum absolute atomic E-state index is 0.000648. The number of likely N-dealkylation sites (tertiary alicyclic amines) is 1. The first-order chi connectivity index (χ1) is 8.69. The average molecular weight is 247 g/mol. The molecule has 0 radical (unpaired) electrons. The molecule has 2 fully saturated rings. The molecule has 2 heterocycles. The van der Waals surface area contributed by atoms with Crippen LogP contribution in [0.4, 0.5) is 0 Å². The first-order valence-electron chi connectivity index (χ1n) is 6.86. The van der Waals surface area contributed by atoms with Gasteiger partial charge in [0.15, 0.2) is 0 Å². The van der Waals surface area contributed by atoms with E-state index in [1.54, 1.807) is 0 Å². The summed E-state index contributed by atoms with van der Waals surface area (Å²) in [5.74, 6) is 0.268. The van der Waals surface area contributed by atoms with Gasteiger partial charge < -0.3 is 16.0 Å². The van der Waals surface area contributed by atoms with Crippen LogP contribution < -0.4 is 11.1 Å². The van der Waals surface area contributed by atoms with Gasteiger partial charge in [-0.1, -0.05) is 12.2 Å². The maximum atomic E-state index is 12.4. The number of hydrogen-bond donors (Lipinski definition) is 2. The van der Waals surface area contributed by atoms with Crippen molar-refractivity contribution in [1.29, 1.82) is 0 Å². The summed E-state index contributed by atoms with van der Waals surface area (Å²) in [6.07, 6.45) is 9.98. The van der Waals surface area contributed by atoms with Gasteiger partial charge in [0.25, 0.3) is 0 Å². The molecule has 3 N–H and O–H groups in total. The minimum atomic E-state index is 0.000648. The third-order valence-corrected chi connectivity index (χ3v) is 4.58. The van der Waals surface area contributed by atoms with E-state index in [9.17, 15) is 4.79 Å². The van der Waals surface area contributed by atoms with Crippen LogP contribution >= 0.6 is 0 Å². The molecule has 0 saturated carbocycles. The van der Waals surface area contributed by atoms with E-state index >= 15 is 0 Å². The summed E-state index contributed by atoms with van der Waals surface area (Å²) < 4.78 is 0. The van der Waals surface area contributed by atoms with E-state index in [4.69, 9.17) is 5.73 Å². The molecule has 1 aliphatic carbocycles. The fourth-order valence-electron chi connectivity index (χ4n) is 3.12. The highest BCUT2D eigenvalue weighted by atomic mass is 16.2. The van der Waals surface area contributed by atoms with Gasteiger partial charge in [-0.3, -0.25) is 4.79 Å². The first-order valence-corrected chi connectivity index (χ1v) is 6.86.